The molecule has 1 unspecified atom stereocenters. The van der Waals surface area contributed by atoms with Crippen molar-refractivity contribution in [2.45, 2.75) is 13.0 Å². The molecule has 30 heavy (non-hydrogen) atoms. The number of hydrogen-bond donors (Lipinski definition) is 1. The van der Waals surface area contributed by atoms with Crippen molar-refractivity contribution in [2.24, 2.45) is 0 Å². The van der Waals surface area contributed by atoms with Crippen LogP contribution in [-0.4, -0.2) is 90.3 Å². The molecule has 4 amide bonds. The van der Waals surface area contributed by atoms with Gasteiger partial charge in [0.1, 0.15) is 12.4 Å². The Morgan fingerprint density at radius 2 is 1.80 bits per heavy atom. The Hall–Kier alpha value is -2.94. The van der Waals surface area contributed by atoms with Gasteiger partial charge in [-0.1, -0.05) is 19.1 Å². The summed E-state index contributed by atoms with van der Waals surface area (Å²) in [5.41, 5.74) is 1.65. The Kier molecular flexibility index (Phi) is 5.46. The van der Waals surface area contributed by atoms with Crippen molar-refractivity contribution in [3.63, 3.8) is 0 Å². The third-order valence-corrected chi connectivity index (χ3v) is 6.14. The van der Waals surface area contributed by atoms with E-state index >= 15 is 0 Å². The molecule has 1 aromatic rings. The van der Waals surface area contributed by atoms with Gasteiger partial charge in [-0.2, -0.15) is 0 Å². The van der Waals surface area contributed by atoms with E-state index in [0.717, 1.165) is 19.6 Å². The second-order valence-electron chi connectivity index (χ2n) is 7.83. The maximum atomic E-state index is 13.3. The molecule has 0 aromatic heterocycles. The molecule has 1 saturated heterocycles. The highest BCUT2D eigenvalue weighted by molar-refractivity contribution is 6.02. The number of rotatable bonds is 4. The summed E-state index contributed by atoms with van der Waals surface area (Å²) in [6.07, 6.45) is 0. The number of urea groups is 1. The Morgan fingerprint density at radius 3 is 2.43 bits per heavy atom. The van der Waals surface area contributed by atoms with Crippen molar-refractivity contribution in [2.75, 3.05) is 52.9 Å². The predicted octanol–water partition coefficient (Wildman–Crippen LogP) is 0.782. The first-order valence-corrected chi connectivity index (χ1v) is 10.2. The normalized spacial score (nSPS) is 22.5. The van der Waals surface area contributed by atoms with E-state index in [1.807, 2.05) is 0 Å². The molecule has 3 aliphatic heterocycles. The zero-order valence-electron chi connectivity index (χ0n) is 17.2. The van der Waals surface area contributed by atoms with Gasteiger partial charge in [0.2, 0.25) is 5.91 Å². The lowest BCUT2D eigenvalue weighted by Gasteiger charge is -2.34. The van der Waals surface area contributed by atoms with Gasteiger partial charge in [0.05, 0.1) is 23.9 Å². The number of halogens is 1. The van der Waals surface area contributed by atoms with Gasteiger partial charge in [-0.05, 0) is 24.2 Å². The van der Waals surface area contributed by atoms with Crippen LogP contribution in [0.25, 0.3) is 0 Å². The number of piperazine rings is 1. The van der Waals surface area contributed by atoms with Crippen LogP contribution in [0.5, 0.6) is 0 Å². The van der Waals surface area contributed by atoms with Crippen molar-refractivity contribution in [3.8, 4) is 0 Å². The molecule has 0 spiro atoms. The van der Waals surface area contributed by atoms with Gasteiger partial charge < -0.3 is 20.0 Å². The van der Waals surface area contributed by atoms with E-state index in [2.05, 4.69) is 17.1 Å². The molecule has 1 fully saturated rings. The summed E-state index contributed by atoms with van der Waals surface area (Å²) >= 11 is 0. The predicted molar refractivity (Wildman–Crippen MR) is 108 cm³/mol. The van der Waals surface area contributed by atoms with Crippen molar-refractivity contribution < 1.29 is 18.8 Å². The number of carbonyl (C=O) groups is 3. The fourth-order valence-electron chi connectivity index (χ4n) is 4.23. The Labute approximate surface area is 174 Å². The van der Waals surface area contributed by atoms with Crippen molar-refractivity contribution in [1.82, 2.24) is 24.9 Å². The second kappa shape index (κ2) is 8.06. The van der Waals surface area contributed by atoms with E-state index in [1.54, 1.807) is 24.1 Å². The van der Waals surface area contributed by atoms with E-state index in [0.29, 0.717) is 29.9 Å². The van der Waals surface area contributed by atoms with Gasteiger partial charge in [-0.25, -0.2) is 9.18 Å². The van der Waals surface area contributed by atoms with Gasteiger partial charge >= 0.3 is 6.03 Å². The minimum Gasteiger partial charge on any atom is -0.339 e. The van der Waals surface area contributed by atoms with Gasteiger partial charge in [0.25, 0.3) is 5.91 Å². The number of amides is 4. The van der Waals surface area contributed by atoms with E-state index < -0.39 is 6.04 Å². The number of benzene rings is 1. The van der Waals surface area contributed by atoms with E-state index in [9.17, 15) is 18.8 Å². The molecule has 0 bridgehead atoms. The molecule has 4 rings (SSSR count). The van der Waals surface area contributed by atoms with Crippen molar-refractivity contribution in [1.29, 1.82) is 0 Å². The third-order valence-electron chi connectivity index (χ3n) is 6.14. The molecule has 0 saturated carbocycles. The van der Waals surface area contributed by atoms with Crippen molar-refractivity contribution >= 4 is 17.8 Å². The number of nitrogens with one attached hydrogen (secondary N) is 1. The van der Waals surface area contributed by atoms with Crippen LogP contribution in [0, 0.1) is 5.82 Å². The average Bonchev–Trinajstić information content (AvgIpc) is 3.08. The summed E-state index contributed by atoms with van der Waals surface area (Å²) in [6, 6.07) is 4.73. The van der Waals surface area contributed by atoms with E-state index in [4.69, 9.17) is 0 Å². The highest BCUT2D eigenvalue weighted by Gasteiger charge is 2.43. The van der Waals surface area contributed by atoms with Crippen molar-refractivity contribution in [3.05, 3.63) is 46.9 Å². The fourth-order valence-corrected chi connectivity index (χ4v) is 4.23. The van der Waals surface area contributed by atoms with Crippen LogP contribution < -0.4 is 5.32 Å². The molecule has 3 heterocycles. The molecule has 160 valence electrons. The first-order chi connectivity index (χ1) is 14.4. The largest absolute Gasteiger partial charge is 0.339 e. The topological polar surface area (TPSA) is 76.2 Å². The Morgan fingerprint density at radius 1 is 1.13 bits per heavy atom. The summed E-state index contributed by atoms with van der Waals surface area (Å²) in [6.45, 7) is 6.21. The monoisotopic (exact) mass is 415 g/mol. The van der Waals surface area contributed by atoms with Gasteiger partial charge in [0, 0.05) is 33.2 Å². The number of likely N-dealkylation sites (N-methyl/N-ethyl adjacent to an activating group) is 2. The van der Waals surface area contributed by atoms with Gasteiger partial charge in [0.15, 0.2) is 0 Å². The van der Waals surface area contributed by atoms with Crippen LogP contribution in [0.15, 0.2) is 35.5 Å². The maximum Gasteiger partial charge on any atom is 0.322 e. The van der Waals surface area contributed by atoms with Gasteiger partial charge in [-0.15, -0.1) is 0 Å². The van der Waals surface area contributed by atoms with Crippen LogP contribution in [0.3, 0.4) is 0 Å². The summed E-state index contributed by atoms with van der Waals surface area (Å²) in [7, 11) is 1.61. The quantitative estimate of drug-likeness (QED) is 0.789. The van der Waals surface area contributed by atoms with E-state index in [-0.39, 0.29) is 36.8 Å². The van der Waals surface area contributed by atoms with Crippen LogP contribution >= 0.6 is 0 Å². The first kappa shape index (κ1) is 20.3. The number of carbonyl (C=O) groups excluding carboxylic acids is 3. The first-order valence-electron chi connectivity index (χ1n) is 10.2. The number of nitrogens with zero attached hydrogens (tertiary/aromatic N) is 4. The van der Waals surface area contributed by atoms with E-state index in [1.165, 1.54) is 21.9 Å². The zero-order valence-corrected chi connectivity index (χ0v) is 17.2. The standard InChI is InChI=1S/C21H26FN5O3/c1-3-25-8-10-26(11-9-25)17(28)13-27-12-16-18(20(27)29)19(23-21(30)24(16)2)14-4-6-15(22)7-5-14/h4-7,19H,3,8-13H2,1-2H3,(H,23,30). The molecule has 1 aromatic carbocycles. The smallest absolute Gasteiger partial charge is 0.322 e. The molecule has 8 nitrogen and oxygen atoms in total. The van der Waals surface area contributed by atoms with Gasteiger partial charge in [-0.3, -0.25) is 14.5 Å². The van der Waals surface area contributed by atoms with Crippen LogP contribution in [0.2, 0.25) is 0 Å². The van der Waals surface area contributed by atoms with Crippen LogP contribution in [-0.2, 0) is 9.59 Å². The molecule has 1 N–H and O–H groups in total. The summed E-state index contributed by atoms with van der Waals surface area (Å²) in [4.78, 5) is 45.4. The fraction of sp³-hybridized carbons (Fsp3) is 0.476. The zero-order chi connectivity index (χ0) is 21.4. The summed E-state index contributed by atoms with van der Waals surface area (Å²) in [5.74, 6) is -0.744. The SMILES string of the molecule is CCN1CCN(C(=O)CN2CC3=C(C2=O)C(c2ccc(F)cc2)NC(=O)N3C)CC1. The highest BCUT2D eigenvalue weighted by Crippen LogP contribution is 2.35. The third kappa shape index (κ3) is 3.65. The van der Waals surface area contributed by atoms with Crippen LogP contribution in [0.4, 0.5) is 9.18 Å². The number of hydrogen-bond acceptors (Lipinski definition) is 4. The molecule has 1 atom stereocenters. The lowest BCUT2D eigenvalue weighted by molar-refractivity contribution is -0.138. The molecular formula is C21H26FN5O3. The molecule has 9 heteroatoms. The lowest BCUT2D eigenvalue weighted by Crippen LogP contribution is -2.51. The highest BCUT2D eigenvalue weighted by atomic mass is 19.1. The second-order valence-corrected chi connectivity index (χ2v) is 7.83. The lowest BCUT2D eigenvalue weighted by atomic mass is 9.96. The molecule has 0 radical (unpaired) electrons. The summed E-state index contributed by atoms with van der Waals surface area (Å²) < 4.78 is 13.3. The minimum absolute atomic E-state index is 0.0177. The summed E-state index contributed by atoms with van der Waals surface area (Å²) in [5, 5.41) is 2.81. The minimum atomic E-state index is -0.662. The molecule has 0 aliphatic carbocycles. The van der Waals surface area contributed by atoms with Crippen LogP contribution in [0.1, 0.15) is 18.5 Å². The Bertz CT molecular complexity index is 892. The Balaban J connectivity index is 1.51. The average molecular weight is 415 g/mol. The molecule has 3 aliphatic rings. The maximum absolute atomic E-state index is 13.3. The molecular weight excluding hydrogens is 389 g/mol.